The minimum atomic E-state index is -4.97. The van der Waals surface area contributed by atoms with Gasteiger partial charge in [-0.05, 0) is 37.5 Å². The third-order valence-corrected chi connectivity index (χ3v) is 22.4. The molecule has 0 aliphatic heterocycles. The Morgan fingerprint density at radius 3 is 0.642 bits per heavy atom. The van der Waals surface area contributed by atoms with Crippen LogP contribution >= 0.6 is 15.6 Å². The Morgan fingerprint density at radius 1 is 0.255 bits per heavy atom. The van der Waals surface area contributed by atoms with Crippen LogP contribution in [0.25, 0.3) is 0 Å². The van der Waals surface area contributed by atoms with Crippen LogP contribution in [-0.2, 0) is 65.4 Å². The summed E-state index contributed by atoms with van der Waals surface area (Å²) in [5.74, 6) is -0.522. The second kappa shape index (κ2) is 78.3. The van der Waals surface area contributed by atoms with E-state index in [9.17, 15) is 43.2 Å². The lowest BCUT2D eigenvalue weighted by atomic mass is 10.0. The predicted octanol–water partition coefficient (Wildman–Crippen LogP) is 26.6. The summed E-state index contributed by atoms with van der Waals surface area (Å²) in [4.78, 5) is 73.3. The van der Waals surface area contributed by atoms with Gasteiger partial charge in [0.15, 0.2) is 12.2 Å². The maximum atomic E-state index is 13.2. The van der Waals surface area contributed by atoms with Gasteiger partial charge in [-0.3, -0.25) is 37.3 Å². The molecule has 0 aromatic heterocycles. The van der Waals surface area contributed by atoms with Crippen LogP contribution in [0.5, 0.6) is 0 Å². The van der Waals surface area contributed by atoms with Crippen molar-refractivity contribution in [1.82, 2.24) is 0 Å². The molecule has 5 atom stereocenters. The highest BCUT2D eigenvalue weighted by Gasteiger charge is 2.30. The van der Waals surface area contributed by atoms with Crippen molar-refractivity contribution in [3.8, 4) is 0 Å². The van der Waals surface area contributed by atoms with Gasteiger partial charge in [-0.15, -0.1) is 0 Å². The smallest absolute Gasteiger partial charge is 0.462 e. The van der Waals surface area contributed by atoms with Crippen molar-refractivity contribution in [3.63, 3.8) is 0 Å². The summed E-state index contributed by atoms with van der Waals surface area (Å²) < 4.78 is 68.9. The van der Waals surface area contributed by atoms with E-state index in [4.69, 9.17) is 37.0 Å². The number of carbonyl (C=O) groups excluding carboxylic acids is 4. The highest BCUT2D eigenvalue weighted by molar-refractivity contribution is 7.47. The number of rotatable bonds is 86. The van der Waals surface area contributed by atoms with Gasteiger partial charge in [0.1, 0.15) is 19.3 Å². The fraction of sp³-hybridized carbons (Fsp3) is 0.954. The van der Waals surface area contributed by atoms with Gasteiger partial charge in [0, 0.05) is 25.7 Å². The predicted molar refractivity (Wildman–Crippen MR) is 437 cm³/mol. The zero-order valence-electron chi connectivity index (χ0n) is 69.7. The van der Waals surface area contributed by atoms with Crippen molar-refractivity contribution in [1.29, 1.82) is 0 Å². The molecule has 0 aliphatic rings. The Morgan fingerprint density at radius 2 is 0.434 bits per heavy atom. The normalized spacial score (nSPS) is 13.8. The van der Waals surface area contributed by atoms with E-state index in [1.54, 1.807) is 0 Å². The highest BCUT2D eigenvalue weighted by Crippen LogP contribution is 2.45. The van der Waals surface area contributed by atoms with Crippen molar-refractivity contribution >= 4 is 39.5 Å². The lowest BCUT2D eigenvalue weighted by Crippen LogP contribution is -2.30. The van der Waals surface area contributed by atoms with Crippen LogP contribution < -0.4 is 0 Å². The van der Waals surface area contributed by atoms with Gasteiger partial charge in [-0.25, -0.2) is 9.13 Å². The number of hydrogen-bond donors (Lipinski definition) is 3. The standard InChI is InChI=1S/C87H170O17P2/c1-7-9-11-13-15-17-19-21-22-23-24-25-26-27-32-35-41-47-53-59-65-71-86(91)103-82(76-98-85(90)70-64-58-52-46-40-34-31-29-28-30-33-37-43-49-55-61-67-79(3)4)77-101-105(93,94)99-73-81(88)74-100-106(95,96)102-78-83(75-97-84(89)69-63-57-51-45-39-20-18-16-14-12-10-8-2)104-87(92)72-66-60-54-48-42-36-38-44-50-56-62-68-80(5)6/h79-83,88H,7-78H2,1-6H3,(H,93,94)(H,95,96)/t81-,82-,83-/m1/s1. The third-order valence-electron chi connectivity index (χ3n) is 20.5. The Balaban J connectivity index is 5.24. The summed E-state index contributed by atoms with van der Waals surface area (Å²) in [7, 11) is -9.93. The molecule has 0 aliphatic carbocycles. The number of phosphoric ester groups is 2. The third kappa shape index (κ3) is 80.1. The average Bonchev–Trinajstić information content (AvgIpc) is 0.936. The van der Waals surface area contributed by atoms with Crippen LogP contribution in [0.3, 0.4) is 0 Å². The van der Waals surface area contributed by atoms with Crippen molar-refractivity contribution < 1.29 is 80.2 Å². The van der Waals surface area contributed by atoms with Crippen LogP contribution in [0.4, 0.5) is 0 Å². The molecule has 3 N–H and O–H groups in total. The SMILES string of the molecule is CCCCCCCCCCCCCCCCCCCCCCCC(=O)O[C@H](COC(=O)CCCCCCCCCCCCCCCCCCC(C)C)COP(=O)(O)OC[C@@H](O)COP(=O)(O)OC[C@@H](COC(=O)CCCCCCCCCCCCCC)OC(=O)CCCCCCCCCCCCCC(C)C. The molecule has 19 heteroatoms. The summed E-state index contributed by atoms with van der Waals surface area (Å²) in [6.45, 7) is 9.71. The van der Waals surface area contributed by atoms with E-state index in [0.717, 1.165) is 102 Å². The molecule has 0 radical (unpaired) electrons. The number of aliphatic hydroxyl groups excluding tert-OH is 1. The lowest BCUT2D eigenvalue weighted by Gasteiger charge is -2.21. The van der Waals surface area contributed by atoms with E-state index in [1.165, 1.54) is 283 Å². The van der Waals surface area contributed by atoms with Crippen molar-refractivity contribution in [2.24, 2.45) is 11.8 Å². The number of aliphatic hydroxyl groups is 1. The summed E-state index contributed by atoms with van der Waals surface area (Å²) >= 11 is 0. The van der Waals surface area contributed by atoms with E-state index in [-0.39, 0.29) is 25.7 Å². The first-order chi connectivity index (χ1) is 51.4. The number of esters is 4. The van der Waals surface area contributed by atoms with Crippen LogP contribution in [0, 0.1) is 11.8 Å². The largest absolute Gasteiger partial charge is 0.472 e. The first kappa shape index (κ1) is 104. The van der Waals surface area contributed by atoms with Gasteiger partial charge in [0.25, 0.3) is 0 Å². The van der Waals surface area contributed by atoms with E-state index >= 15 is 0 Å². The van der Waals surface area contributed by atoms with Gasteiger partial charge >= 0.3 is 39.5 Å². The zero-order valence-corrected chi connectivity index (χ0v) is 71.5. The van der Waals surface area contributed by atoms with Gasteiger partial charge < -0.3 is 33.8 Å². The number of ether oxygens (including phenoxy) is 4. The van der Waals surface area contributed by atoms with Gasteiger partial charge in [0.2, 0.25) is 0 Å². The number of carbonyl (C=O) groups is 4. The monoisotopic (exact) mass is 1550 g/mol. The molecule has 17 nitrogen and oxygen atoms in total. The average molecular weight is 1550 g/mol. The van der Waals surface area contributed by atoms with E-state index in [1.807, 2.05) is 0 Å². The maximum absolute atomic E-state index is 13.2. The number of phosphoric acid groups is 2. The van der Waals surface area contributed by atoms with Crippen LogP contribution in [-0.4, -0.2) is 96.7 Å². The summed E-state index contributed by atoms with van der Waals surface area (Å²) in [6, 6.07) is 0. The first-order valence-corrected chi connectivity index (χ1v) is 48.0. The van der Waals surface area contributed by atoms with E-state index in [2.05, 4.69) is 41.5 Å². The summed E-state index contributed by atoms with van der Waals surface area (Å²) in [6.07, 6.45) is 70.8. The minimum Gasteiger partial charge on any atom is -0.462 e. The summed E-state index contributed by atoms with van der Waals surface area (Å²) in [5, 5.41) is 10.7. The van der Waals surface area contributed by atoms with E-state index in [0.29, 0.717) is 25.7 Å². The van der Waals surface area contributed by atoms with Gasteiger partial charge in [-0.2, -0.15) is 0 Å². The quantitative estimate of drug-likeness (QED) is 0.0222. The zero-order chi connectivity index (χ0) is 77.8. The Hall–Kier alpha value is -1.94. The second-order valence-electron chi connectivity index (χ2n) is 32.2. The molecular formula is C87H170O17P2. The molecule has 0 rings (SSSR count). The molecule has 0 bridgehead atoms. The molecule has 106 heavy (non-hydrogen) atoms. The Bertz CT molecular complexity index is 2030. The van der Waals surface area contributed by atoms with Crippen molar-refractivity contribution in [2.45, 2.75) is 484 Å². The molecule has 0 spiro atoms. The maximum Gasteiger partial charge on any atom is 0.472 e. The van der Waals surface area contributed by atoms with E-state index < -0.39 is 97.5 Å². The van der Waals surface area contributed by atoms with Gasteiger partial charge in [-0.1, -0.05) is 414 Å². The van der Waals surface area contributed by atoms with Crippen LogP contribution in [0.2, 0.25) is 0 Å². The molecule has 0 aromatic carbocycles. The first-order valence-electron chi connectivity index (χ1n) is 45.0. The van der Waals surface area contributed by atoms with Crippen LogP contribution in [0.15, 0.2) is 0 Å². The van der Waals surface area contributed by atoms with Crippen molar-refractivity contribution in [2.75, 3.05) is 39.6 Å². The fourth-order valence-corrected chi connectivity index (χ4v) is 15.2. The number of hydrogen-bond acceptors (Lipinski definition) is 15. The molecule has 630 valence electrons. The highest BCUT2D eigenvalue weighted by atomic mass is 31.2. The minimum absolute atomic E-state index is 0.107. The molecule has 0 saturated carbocycles. The van der Waals surface area contributed by atoms with Crippen molar-refractivity contribution in [3.05, 3.63) is 0 Å². The molecule has 0 heterocycles. The lowest BCUT2D eigenvalue weighted by molar-refractivity contribution is -0.161. The second-order valence-corrected chi connectivity index (χ2v) is 35.1. The summed E-state index contributed by atoms with van der Waals surface area (Å²) in [5.41, 5.74) is 0. The van der Waals surface area contributed by atoms with Crippen LogP contribution in [0.1, 0.15) is 465 Å². The fourth-order valence-electron chi connectivity index (χ4n) is 13.6. The van der Waals surface area contributed by atoms with Gasteiger partial charge in [0.05, 0.1) is 26.4 Å². The molecule has 0 fully saturated rings. The molecular weight excluding hydrogens is 1380 g/mol. The number of unbranched alkanes of at least 4 members (excludes halogenated alkanes) is 56. The molecule has 0 amide bonds. The topological polar surface area (TPSA) is 237 Å². The molecule has 2 unspecified atom stereocenters. The Labute approximate surface area is 651 Å². The molecule has 0 aromatic rings. The Kier molecular flexibility index (Phi) is 76.9. The molecule has 0 saturated heterocycles.